The summed E-state index contributed by atoms with van der Waals surface area (Å²) >= 11 is 3.15. The first-order valence-corrected chi connectivity index (χ1v) is 3.37. The molecule has 1 aromatic heterocycles. The van der Waals surface area contributed by atoms with Gasteiger partial charge in [-0.1, -0.05) is 13.8 Å². The molecule has 1 rings (SSSR count). The number of hydrogen-bond acceptors (Lipinski definition) is 3. The summed E-state index contributed by atoms with van der Waals surface area (Å²) in [6, 6.07) is 0. The molecule has 4 nitrogen and oxygen atoms in total. The van der Waals surface area contributed by atoms with Gasteiger partial charge >= 0.3 is 0 Å². The average molecular weight is 191 g/mol. The Morgan fingerprint density at radius 1 is 1.56 bits per heavy atom. The van der Waals surface area contributed by atoms with Crippen LogP contribution in [0.15, 0.2) is 0 Å². The van der Waals surface area contributed by atoms with Crippen LogP contribution in [0.4, 0.5) is 0 Å². The largest absolute Gasteiger partial charge is 0.166 e. The van der Waals surface area contributed by atoms with Crippen LogP contribution in [0.2, 0.25) is 0 Å². The molecule has 0 fully saturated rings. The van der Waals surface area contributed by atoms with E-state index in [1.54, 1.807) is 0 Å². The molecule has 0 aliphatic carbocycles. The Bertz CT molecular complexity index is 194. The molecule has 0 aliphatic heterocycles. The van der Waals surface area contributed by atoms with Gasteiger partial charge in [0.1, 0.15) is 0 Å². The van der Waals surface area contributed by atoms with Gasteiger partial charge in [0, 0.05) is 5.92 Å². The first-order chi connectivity index (χ1) is 4.22. The molecule has 5 heteroatoms. The smallest absolute Gasteiger partial charge is 0.161 e. The maximum absolute atomic E-state index is 3.77. The number of nitrogens with zero attached hydrogens (tertiary/aromatic N) is 4. The van der Waals surface area contributed by atoms with E-state index < -0.39 is 0 Å². The van der Waals surface area contributed by atoms with Crippen molar-refractivity contribution in [1.29, 1.82) is 0 Å². The molecule has 9 heavy (non-hydrogen) atoms. The minimum Gasteiger partial charge on any atom is -0.161 e. The topological polar surface area (TPSA) is 43.6 Å². The Kier molecular flexibility index (Phi) is 1.80. The molecule has 1 aromatic rings. The summed E-state index contributed by atoms with van der Waals surface area (Å²) in [4.78, 5) is 0. The molecule has 0 unspecified atom stereocenters. The molecule has 0 spiro atoms. The molecular weight excluding hydrogens is 184 g/mol. The van der Waals surface area contributed by atoms with E-state index in [1.165, 1.54) is 3.71 Å². The Morgan fingerprint density at radius 3 is 2.44 bits per heavy atom. The SMILES string of the molecule is CC(C)c1nnnn1Br. The molecule has 0 atom stereocenters. The van der Waals surface area contributed by atoms with Gasteiger partial charge in [0.25, 0.3) is 0 Å². The highest BCUT2D eigenvalue weighted by Crippen LogP contribution is 2.09. The van der Waals surface area contributed by atoms with Crippen LogP contribution in [0.3, 0.4) is 0 Å². The minimum absolute atomic E-state index is 0.361. The van der Waals surface area contributed by atoms with Crippen molar-refractivity contribution >= 4 is 16.1 Å². The van der Waals surface area contributed by atoms with Gasteiger partial charge in [-0.15, -0.1) is 5.10 Å². The predicted molar refractivity (Wildman–Crippen MR) is 36.2 cm³/mol. The highest BCUT2D eigenvalue weighted by Gasteiger charge is 2.06. The lowest BCUT2D eigenvalue weighted by atomic mass is 10.2. The number of rotatable bonds is 1. The van der Waals surface area contributed by atoms with Crippen LogP contribution in [-0.4, -0.2) is 19.2 Å². The van der Waals surface area contributed by atoms with E-state index >= 15 is 0 Å². The second kappa shape index (κ2) is 2.43. The van der Waals surface area contributed by atoms with Gasteiger partial charge in [-0.2, -0.15) is 3.71 Å². The van der Waals surface area contributed by atoms with Crippen molar-refractivity contribution in [3.05, 3.63) is 5.82 Å². The molecular formula is C4H7BrN4. The van der Waals surface area contributed by atoms with E-state index in [9.17, 15) is 0 Å². The maximum atomic E-state index is 3.77. The highest BCUT2D eigenvalue weighted by atomic mass is 79.9. The number of hydrogen-bond donors (Lipinski definition) is 0. The normalized spacial score (nSPS) is 10.7. The van der Waals surface area contributed by atoms with E-state index in [4.69, 9.17) is 0 Å². The second-order valence-electron chi connectivity index (χ2n) is 2.05. The van der Waals surface area contributed by atoms with Gasteiger partial charge in [-0.05, 0) is 10.4 Å². The van der Waals surface area contributed by atoms with Crippen molar-refractivity contribution < 1.29 is 0 Å². The lowest BCUT2D eigenvalue weighted by Gasteiger charge is -1.96. The van der Waals surface area contributed by atoms with Crippen LogP contribution in [0.25, 0.3) is 0 Å². The van der Waals surface area contributed by atoms with Crippen LogP contribution in [0.5, 0.6) is 0 Å². The van der Waals surface area contributed by atoms with Crippen molar-refractivity contribution in [2.75, 3.05) is 0 Å². The summed E-state index contributed by atoms with van der Waals surface area (Å²) in [6.07, 6.45) is 0. The van der Waals surface area contributed by atoms with Gasteiger partial charge in [-0.3, -0.25) is 0 Å². The second-order valence-corrected chi connectivity index (χ2v) is 2.72. The third kappa shape index (κ3) is 1.27. The molecule has 0 aliphatic rings. The Balaban J connectivity index is 2.94. The maximum Gasteiger partial charge on any atom is 0.166 e. The van der Waals surface area contributed by atoms with Gasteiger partial charge in [0.15, 0.2) is 5.82 Å². The van der Waals surface area contributed by atoms with Gasteiger partial charge in [0.05, 0.1) is 16.1 Å². The van der Waals surface area contributed by atoms with Crippen LogP contribution in [0.1, 0.15) is 25.6 Å². The first kappa shape index (κ1) is 6.67. The molecule has 0 amide bonds. The molecule has 0 radical (unpaired) electrons. The average Bonchev–Trinajstić information content (AvgIpc) is 2.13. The number of halogens is 1. The van der Waals surface area contributed by atoms with Crippen LogP contribution < -0.4 is 0 Å². The fourth-order valence-corrected chi connectivity index (χ4v) is 1.06. The summed E-state index contributed by atoms with van der Waals surface area (Å²) in [7, 11) is 0. The van der Waals surface area contributed by atoms with E-state index in [0.29, 0.717) is 5.92 Å². The lowest BCUT2D eigenvalue weighted by Crippen LogP contribution is -1.95. The summed E-state index contributed by atoms with van der Waals surface area (Å²) in [5.74, 6) is 1.20. The van der Waals surface area contributed by atoms with Gasteiger partial charge in [-0.25, -0.2) is 0 Å². The van der Waals surface area contributed by atoms with E-state index in [-0.39, 0.29) is 0 Å². The molecule has 0 bridgehead atoms. The molecule has 0 N–H and O–H groups in total. The minimum atomic E-state index is 0.361. The zero-order valence-electron chi connectivity index (χ0n) is 5.24. The summed E-state index contributed by atoms with van der Waals surface area (Å²) < 4.78 is 1.50. The zero-order chi connectivity index (χ0) is 6.85. The molecule has 0 saturated heterocycles. The van der Waals surface area contributed by atoms with Gasteiger partial charge in [0.2, 0.25) is 0 Å². The first-order valence-electron chi connectivity index (χ1n) is 2.66. The number of aromatic nitrogens is 4. The molecule has 0 aromatic carbocycles. The van der Waals surface area contributed by atoms with Crippen molar-refractivity contribution in [3.63, 3.8) is 0 Å². The van der Waals surface area contributed by atoms with Crippen molar-refractivity contribution in [2.24, 2.45) is 0 Å². The van der Waals surface area contributed by atoms with Gasteiger partial charge < -0.3 is 0 Å². The van der Waals surface area contributed by atoms with E-state index in [0.717, 1.165) is 5.82 Å². The molecule has 0 saturated carbocycles. The molecule has 50 valence electrons. The predicted octanol–water partition coefficient (Wildman–Crippen LogP) is 0.955. The summed E-state index contributed by atoms with van der Waals surface area (Å²) in [5.41, 5.74) is 0. The highest BCUT2D eigenvalue weighted by molar-refractivity contribution is 9.08. The quantitative estimate of drug-likeness (QED) is 0.663. The van der Waals surface area contributed by atoms with E-state index in [1.807, 2.05) is 13.8 Å². The Labute approximate surface area is 61.6 Å². The fourth-order valence-electron chi connectivity index (χ4n) is 0.512. The van der Waals surface area contributed by atoms with Crippen molar-refractivity contribution in [3.8, 4) is 0 Å². The van der Waals surface area contributed by atoms with E-state index in [2.05, 4.69) is 31.7 Å². The zero-order valence-corrected chi connectivity index (χ0v) is 6.83. The summed E-state index contributed by atoms with van der Waals surface area (Å²) in [5, 5.41) is 10.8. The monoisotopic (exact) mass is 190 g/mol. The Morgan fingerprint density at radius 2 is 2.22 bits per heavy atom. The van der Waals surface area contributed by atoms with Crippen LogP contribution in [0, 0.1) is 0 Å². The standard InChI is InChI=1S/C4H7BrN4/c1-3(2)4-6-7-8-9(4)5/h3H,1-2H3. The molecule has 1 heterocycles. The fraction of sp³-hybridized carbons (Fsp3) is 0.750. The van der Waals surface area contributed by atoms with Crippen LogP contribution >= 0.6 is 16.1 Å². The van der Waals surface area contributed by atoms with Crippen molar-refractivity contribution in [2.45, 2.75) is 19.8 Å². The number of tetrazole rings is 1. The van der Waals surface area contributed by atoms with Crippen molar-refractivity contribution in [1.82, 2.24) is 19.2 Å². The lowest BCUT2D eigenvalue weighted by molar-refractivity contribution is 0.765. The third-order valence-corrected chi connectivity index (χ3v) is 1.48. The third-order valence-electron chi connectivity index (χ3n) is 0.971. The summed E-state index contributed by atoms with van der Waals surface area (Å²) in [6.45, 7) is 4.06. The van der Waals surface area contributed by atoms with Crippen LogP contribution in [-0.2, 0) is 0 Å². The Hall–Kier alpha value is -0.450.